The molecule has 1 rings (SSSR count). The van der Waals surface area contributed by atoms with Crippen molar-refractivity contribution in [1.82, 2.24) is 5.32 Å². The number of methoxy groups -OCH3 is 1. The molecular weight excluding hydrogens is 234 g/mol. The molecule has 1 unspecified atom stereocenters. The zero-order valence-electron chi connectivity index (χ0n) is 13.1. The molecular formula is C17H29NO. The van der Waals surface area contributed by atoms with Crippen molar-refractivity contribution in [1.29, 1.82) is 0 Å². The Bertz CT molecular complexity index is 368. The quantitative estimate of drug-likeness (QED) is 0.778. The molecule has 2 heteroatoms. The molecule has 2 nitrogen and oxygen atoms in total. The summed E-state index contributed by atoms with van der Waals surface area (Å²) in [5, 5.41) is 3.65. The van der Waals surface area contributed by atoms with Crippen LogP contribution in [0.3, 0.4) is 0 Å². The van der Waals surface area contributed by atoms with Gasteiger partial charge in [0, 0.05) is 11.6 Å². The van der Waals surface area contributed by atoms with E-state index in [1.54, 1.807) is 7.11 Å². The monoisotopic (exact) mass is 263 g/mol. The zero-order chi connectivity index (χ0) is 14.3. The van der Waals surface area contributed by atoms with E-state index in [4.69, 9.17) is 4.74 Å². The van der Waals surface area contributed by atoms with Gasteiger partial charge in [-0.25, -0.2) is 0 Å². The lowest BCUT2D eigenvalue weighted by molar-refractivity contribution is 0.326. The molecule has 1 aromatic rings. The molecule has 1 aromatic carbocycles. The molecule has 19 heavy (non-hydrogen) atoms. The number of hydrogen-bond acceptors (Lipinski definition) is 2. The van der Waals surface area contributed by atoms with Crippen LogP contribution in [0.4, 0.5) is 0 Å². The van der Waals surface area contributed by atoms with Gasteiger partial charge in [-0.15, -0.1) is 0 Å². The number of ether oxygens (including phenoxy) is 1. The lowest BCUT2D eigenvalue weighted by atomic mass is 9.87. The number of nitrogens with one attached hydrogen (secondary N) is 1. The largest absolute Gasteiger partial charge is 0.496 e. The van der Waals surface area contributed by atoms with Gasteiger partial charge in [0.25, 0.3) is 0 Å². The highest BCUT2D eigenvalue weighted by atomic mass is 16.5. The van der Waals surface area contributed by atoms with E-state index in [2.05, 4.69) is 45.1 Å². The zero-order valence-corrected chi connectivity index (χ0v) is 13.1. The fraction of sp³-hybridized carbons (Fsp3) is 0.647. The van der Waals surface area contributed by atoms with Crippen LogP contribution in [0.2, 0.25) is 0 Å². The van der Waals surface area contributed by atoms with Crippen LogP contribution in [-0.2, 0) is 0 Å². The summed E-state index contributed by atoms with van der Waals surface area (Å²) in [5.74, 6) is 0.991. The second-order valence-corrected chi connectivity index (χ2v) is 6.35. The second-order valence-electron chi connectivity index (χ2n) is 6.35. The normalized spacial score (nSPS) is 13.3. The number of rotatable bonds is 7. The molecule has 0 heterocycles. The van der Waals surface area contributed by atoms with Gasteiger partial charge < -0.3 is 10.1 Å². The Balaban J connectivity index is 2.82. The summed E-state index contributed by atoms with van der Waals surface area (Å²) in [5.41, 5.74) is 1.65. The SMILES string of the molecule is CCCNC(CCC(C)(C)C)c1ccccc1OC. The molecule has 0 aromatic heterocycles. The molecule has 0 aliphatic carbocycles. The van der Waals surface area contributed by atoms with Crippen molar-refractivity contribution in [2.24, 2.45) is 5.41 Å². The summed E-state index contributed by atoms with van der Waals surface area (Å²) < 4.78 is 5.50. The van der Waals surface area contributed by atoms with Gasteiger partial charge in [-0.05, 0) is 37.3 Å². The Morgan fingerprint density at radius 2 is 1.89 bits per heavy atom. The van der Waals surface area contributed by atoms with Crippen molar-refractivity contribution in [3.05, 3.63) is 29.8 Å². The van der Waals surface area contributed by atoms with Gasteiger partial charge in [0.05, 0.1) is 7.11 Å². The minimum atomic E-state index is 0.369. The molecule has 0 bridgehead atoms. The highest BCUT2D eigenvalue weighted by Gasteiger charge is 2.18. The first-order chi connectivity index (χ1) is 8.98. The van der Waals surface area contributed by atoms with Crippen LogP contribution in [0.15, 0.2) is 24.3 Å². The molecule has 0 aliphatic heterocycles. The Kier molecular flexibility index (Phi) is 6.36. The summed E-state index contributed by atoms with van der Waals surface area (Å²) >= 11 is 0. The fourth-order valence-electron chi connectivity index (χ4n) is 2.22. The summed E-state index contributed by atoms with van der Waals surface area (Å²) in [6, 6.07) is 8.73. The van der Waals surface area contributed by atoms with Gasteiger partial charge in [0.1, 0.15) is 5.75 Å². The van der Waals surface area contributed by atoms with E-state index < -0.39 is 0 Å². The van der Waals surface area contributed by atoms with Crippen LogP contribution in [0.25, 0.3) is 0 Å². The Morgan fingerprint density at radius 1 is 1.21 bits per heavy atom. The average Bonchev–Trinajstić information content (AvgIpc) is 2.38. The first-order valence-electron chi connectivity index (χ1n) is 7.34. The molecule has 0 aliphatic rings. The first-order valence-corrected chi connectivity index (χ1v) is 7.34. The number of benzene rings is 1. The maximum Gasteiger partial charge on any atom is 0.123 e. The van der Waals surface area contributed by atoms with Crippen LogP contribution in [0.1, 0.15) is 58.6 Å². The highest BCUT2D eigenvalue weighted by Crippen LogP contribution is 2.31. The molecule has 0 spiro atoms. The number of hydrogen-bond donors (Lipinski definition) is 1. The summed E-state index contributed by atoms with van der Waals surface area (Å²) in [4.78, 5) is 0. The molecule has 1 N–H and O–H groups in total. The van der Waals surface area contributed by atoms with Crippen molar-refractivity contribution < 1.29 is 4.74 Å². The highest BCUT2D eigenvalue weighted by molar-refractivity contribution is 5.35. The van der Waals surface area contributed by atoms with Crippen LogP contribution in [-0.4, -0.2) is 13.7 Å². The van der Waals surface area contributed by atoms with Crippen molar-refractivity contribution >= 4 is 0 Å². The van der Waals surface area contributed by atoms with Gasteiger partial charge in [0.15, 0.2) is 0 Å². The molecule has 1 atom stereocenters. The van der Waals surface area contributed by atoms with Crippen LogP contribution < -0.4 is 10.1 Å². The third-order valence-electron chi connectivity index (χ3n) is 3.34. The van der Waals surface area contributed by atoms with Crippen molar-refractivity contribution in [3.63, 3.8) is 0 Å². The Labute approximate surface area is 118 Å². The van der Waals surface area contributed by atoms with Gasteiger partial charge in [-0.3, -0.25) is 0 Å². The van der Waals surface area contributed by atoms with Crippen molar-refractivity contribution in [2.75, 3.05) is 13.7 Å². The third kappa shape index (κ3) is 5.65. The van der Waals surface area contributed by atoms with Crippen LogP contribution in [0.5, 0.6) is 5.75 Å². The van der Waals surface area contributed by atoms with Crippen LogP contribution in [0, 0.1) is 5.41 Å². The van der Waals surface area contributed by atoms with Gasteiger partial charge in [-0.2, -0.15) is 0 Å². The second kappa shape index (κ2) is 7.54. The fourth-order valence-corrected chi connectivity index (χ4v) is 2.22. The Morgan fingerprint density at radius 3 is 2.47 bits per heavy atom. The van der Waals surface area contributed by atoms with Gasteiger partial charge >= 0.3 is 0 Å². The minimum absolute atomic E-state index is 0.369. The van der Waals surface area contributed by atoms with E-state index in [1.807, 2.05) is 12.1 Å². The van der Waals surface area contributed by atoms with Gasteiger partial charge in [-0.1, -0.05) is 45.9 Å². The van der Waals surface area contributed by atoms with Gasteiger partial charge in [0.2, 0.25) is 0 Å². The first kappa shape index (κ1) is 16.0. The summed E-state index contributed by atoms with van der Waals surface area (Å²) in [6.07, 6.45) is 3.50. The smallest absolute Gasteiger partial charge is 0.123 e. The minimum Gasteiger partial charge on any atom is -0.496 e. The third-order valence-corrected chi connectivity index (χ3v) is 3.34. The van der Waals surface area contributed by atoms with Crippen LogP contribution >= 0.6 is 0 Å². The van der Waals surface area contributed by atoms with E-state index in [-0.39, 0.29) is 0 Å². The predicted octanol–water partition coefficient (Wildman–Crippen LogP) is 4.56. The summed E-state index contributed by atoms with van der Waals surface area (Å²) in [7, 11) is 1.75. The molecule has 0 radical (unpaired) electrons. The molecule has 0 amide bonds. The predicted molar refractivity (Wildman–Crippen MR) is 82.7 cm³/mol. The topological polar surface area (TPSA) is 21.3 Å². The maximum atomic E-state index is 5.50. The van der Waals surface area contributed by atoms with E-state index >= 15 is 0 Å². The number of para-hydroxylation sites is 1. The standard InChI is InChI=1S/C17H29NO/c1-6-13-18-15(11-12-17(2,3)4)14-9-7-8-10-16(14)19-5/h7-10,15,18H,6,11-13H2,1-5H3. The lowest BCUT2D eigenvalue weighted by Crippen LogP contribution is -2.24. The van der Waals surface area contributed by atoms with E-state index in [1.165, 1.54) is 12.0 Å². The molecule has 0 saturated heterocycles. The molecule has 0 saturated carbocycles. The molecule has 108 valence electrons. The summed E-state index contributed by atoms with van der Waals surface area (Å²) in [6.45, 7) is 10.1. The maximum absolute atomic E-state index is 5.50. The Hall–Kier alpha value is -1.02. The van der Waals surface area contributed by atoms with E-state index in [0.29, 0.717) is 11.5 Å². The van der Waals surface area contributed by atoms with Crippen molar-refractivity contribution in [3.8, 4) is 5.75 Å². The molecule has 0 fully saturated rings. The van der Waals surface area contributed by atoms with E-state index in [0.717, 1.165) is 25.1 Å². The van der Waals surface area contributed by atoms with E-state index in [9.17, 15) is 0 Å². The average molecular weight is 263 g/mol. The lowest BCUT2D eigenvalue weighted by Gasteiger charge is -2.25. The van der Waals surface area contributed by atoms with Crippen molar-refractivity contribution in [2.45, 2.75) is 53.0 Å².